The van der Waals surface area contributed by atoms with Gasteiger partial charge in [0, 0.05) is 21.8 Å². The molecule has 0 spiro atoms. The van der Waals surface area contributed by atoms with Gasteiger partial charge in [0.05, 0.1) is 5.71 Å². The van der Waals surface area contributed by atoms with Gasteiger partial charge in [0.2, 0.25) is 0 Å². The summed E-state index contributed by atoms with van der Waals surface area (Å²) in [5, 5.41) is 8.64. The van der Waals surface area contributed by atoms with Crippen LogP contribution >= 0.6 is 11.6 Å². The van der Waals surface area contributed by atoms with Crippen LogP contribution in [0.2, 0.25) is 5.02 Å². The minimum Gasteiger partial charge on any atom is -0.398 e. The van der Waals surface area contributed by atoms with E-state index in [2.05, 4.69) is 0 Å². The minimum atomic E-state index is 0.412. The quantitative estimate of drug-likeness (QED) is 0.603. The second kappa shape index (κ2) is 4.37. The van der Waals surface area contributed by atoms with Gasteiger partial charge in [-0.1, -0.05) is 41.9 Å². The number of rotatable bonds is 2. The molecule has 0 fully saturated rings. The largest absolute Gasteiger partial charge is 0.398 e. The highest BCUT2D eigenvalue weighted by atomic mass is 35.5. The summed E-state index contributed by atoms with van der Waals surface area (Å²) in [4.78, 5) is 0. The second-order valence-corrected chi connectivity index (χ2v) is 3.91. The summed E-state index contributed by atoms with van der Waals surface area (Å²) in [5.41, 5.74) is 8.32. The molecule has 0 unspecified atom stereocenters. The van der Waals surface area contributed by atoms with Gasteiger partial charge in [-0.25, -0.2) is 0 Å². The zero-order chi connectivity index (χ0) is 11.5. The van der Waals surface area contributed by atoms with Gasteiger partial charge in [-0.05, 0) is 18.2 Å². The number of hydrogen-bond acceptors (Lipinski definition) is 2. The van der Waals surface area contributed by atoms with E-state index >= 15 is 0 Å². The molecule has 0 saturated heterocycles. The summed E-state index contributed by atoms with van der Waals surface area (Å²) in [5.74, 6) is 0. The van der Waals surface area contributed by atoms with Gasteiger partial charge >= 0.3 is 0 Å². The highest BCUT2D eigenvalue weighted by molar-refractivity contribution is 6.31. The molecular formula is C13H11ClN2. The van der Waals surface area contributed by atoms with Crippen LogP contribution in [0.4, 0.5) is 5.69 Å². The monoisotopic (exact) mass is 230 g/mol. The molecule has 3 N–H and O–H groups in total. The molecule has 16 heavy (non-hydrogen) atoms. The fourth-order valence-corrected chi connectivity index (χ4v) is 1.70. The molecule has 2 rings (SSSR count). The number of nitrogens with two attached hydrogens (primary N) is 1. The molecule has 0 aliphatic rings. The van der Waals surface area contributed by atoms with Gasteiger partial charge in [-0.3, -0.25) is 5.41 Å². The Balaban J connectivity index is 2.42. The average molecular weight is 231 g/mol. The van der Waals surface area contributed by atoms with Crippen molar-refractivity contribution in [2.45, 2.75) is 0 Å². The summed E-state index contributed by atoms with van der Waals surface area (Å²) in [7, 11) is 0. The first-order chi connectivity index (χ1) is 7.68. The zero-order valence-corrected chi connectivity index (χ0v) is 9.33. The fourth-order valence-electron chi connectivity index (χ4n) is 1.52. The van der Waals surface area contributed by atoms with Gasteiger partial charge < -0.3 is 5.73 Å². The van der Waals surface area contributed by atoms with E-state index in [4.69, 9.17) is 22.7 Å². The topological polar surface area (TPSA) is 49.9 Å². The van der Waals surface area contributed by atoms with E-state index in [1.807, 2.05) is 30.3 Å². The summed E-state index contributed by atoms with van der Waals surface area (Å²) in [6.07, 6.45) is 0. The molecule has 0 atom stereocenters. The predicted molar refractivity (Wildman–Crippen MR) is 68.2 cm³/mol. The van der Waals surface area contributed by atoms with E-state index < -0.39 is 0 Å². The Morgan fingerprint density at radius 3 is 2.38 bits per heavy atom. The smallest absolute Gasteiger partial charge is 0.0705 e. The van der Waals surface area contributed by atoms with Crippen molar-refractivity contribution >= 4 is 23.0 Å². The van der Waals surface area contributed by atoms with Crippen LogP contribution in [0.15, 0.2) is 48.5 Å². The first-order valence-corrected chi connectivity index (χ1v) is 5.25. The summed E-state index contributed by atoms with van der Waals surface area (Å²) in [6.45, 7) is 0. The van der Waals surface area contributed by atoms with Crippen LogP contribution in [0.25, 0.3) is 0 Å². The third-order valence-electron chi connectivity index (χ3n) is 2.35. The maximum atomic E-state index is 8.06. The molecule has 0 aliphatic carbocycles. The van der Waals surface area contributed by atoms with E-state index in [9.17, 15) is 0 Å². The summed E-state index contributed by atoms with van der Waals surface area (Å²) >= 11 is 5.82. The Hall–Kier alpha value is -1.80. The SMILES string of the molecule is N=C(c1ccccc1)c1ccc(Cl)cc1N. The van der Waals surface area contributed by atoms with Gasteiger partial charge in [-0.2, -0.15) is 0 Å². The van der Waals surface area contributed by atoms with Crippen molar-refractivity contribution in [3.63, 3.8) is 0 Å². The van der Waals surface area contributed by atoms with Crippen molar-refractivity contribution in [3.05, 3.63) is 64.7 Å². The molecule has 0 amide bonds. The van der Waals surface area contributed by atoms with Crippen molar-refractivity contribution in [2.24, 2.45) is 0 Å². The standard InChI is InChI=1S/C13H11ClN2/c14-10-6-7-11(12(15)8-10)13(16)9-4-2-1-3-5-9/h1-8,16H,15H2. The van der Waals surface area contributed by atoms with Gasteiger partial charge in [0.15, 0.2) is 0 Å². The number of anilines is 1. The summed E-state index contributed by atoms with van der Waals surface area (Å²) in [6, 6.07) is 14.7. The minimum absolute atomic E-state index is 0.412. The van der Waals surface area contributed by atoms with E-state index in [0.717, 1.165) is 5.56 Å². The molecule has 0 heterocycles. The van der Waals surface area contributed by atoms with Crippen molar-refractivity contribution in [1.82, 2.24) is 0 Å². The molecule has 3 heteroatoms. The van der Waals surface area contributed by atoms with Crippen molar-refractivity contribution in [2.75, 3.05) is 5.73 Å². The molecular weight excluding hydrogens is 220 g/mol. The highest BCUT2D eigenvalue weighted by Gasteiger charge is 2.07. The Morgan fingerprint density at radius 1 is 1.06 bits per heavy atom. The lowest BCUT2D eigenvalue weighted by molar-refractivity contribution is 1.46. The van der Waals surface area contributed by atoms with E-state index in [-0.39, 0.29) is 0 Å². The van der Waals surface area contributed by atoms with Gasteiger partial charge in [0.25, 0.3) is 0 Å². The van der Waals surface area contributed by atoms with Crippen LogP contribution < -0.4 is 5.73 Å². The third-order valence-corrected chi connectivity index (χ3v) is 2.58. The molecule has 0 aromatic heterocycles. The average Bonchev–Trinajstić information content (AvgIpc) is 2.29. The molecule has 0 bridgehead atoms. The van der Waals surface area contributed by atoms with Crippen molar-refractivity contribution in [1.29, 1.82) is 5.41 Å². The molecule has 2 aromatic carbocycles. The number of nitrogens with one attached hydrogen (secondary N) is 1. The first kappa shape index (κ1) is 10.7. The van der Waals surface area contributed by atoms with Crippen LogP contribution in [0, 0.1) is 5.41 Å². The highest BCUT2D eigenvalue weighted by Crippen LogP contribution is 2.20. The molecule has 0 radical (unpaired) electrons. The normalized spacial score (nSPS) is 10.1. The van der Waals surface area contributed by atoms with Crippen LogP contribution in [0.1, 0.15) is 11.1 Å². The van der Waals surface area contributed by atoms with E-state index in [1.165, 1.54) is 0 Å². The van der Waals surface area contributed by atoms with Crippen molar-refractivity contribution in [3.8, 4) is 0 Å². The maximum absolute atomic E-state index is 8.06. The number of hydrogen-bond donors (Lipinski definition) is 2. The maximum Gasteiger partial charge on any atom is 0.0705 e. The van der Waals surface area contributed by atoms with Gasteiger partial charge in [-0.15, -0.1) is 0 Å². The zero-order valence-electron chi connectivity index (χ0n) is 8.57. The van der Waals surface area contributed by atoms with Gasteiger partial charge in [0.1, 0.15) is 0 Å². The second-order valence-electron chi connectivity index (χ2n) is 3.47. The van der Waals surface area contributed by atoms with E-state index in [0.29, 0.717) is 22.0 Å². The lowest BCUT2D eigenvalue weighted by Crippen LogP contribution is -2.04. The Kier molecular flexibility index (Phi) is 2.93. The van der Waals surface area contributed by atoms with Crippen LogP contribution in [-0.2, 0) is 0 Å². The molecule has 0 saturated carbocycles. The molecule has 2 aromatic rings. The van der Waals surface area contributed by atoms with Crippen LogP contribution in [-0.4, -0.2) is 5.71 Å². The third kappa shape index (κ3) is 2.07. The number of nitrogen functional groups attached to an aromatic ring is 1. The molecule has 0 aliphatic heterocycles. The first-order valence-electron chi connectivity index (χ1n) is 4.88. The predicted octanol–water partition coefficient (Wildman–Crippen LogP) is 3.34. The number of halogens is 1. The van der Waals surface area contributed by atoms with Crippen LogP contribution in [0.3, 0.4) is 0 Å². The lowest BCUT2D eigenvalue weighted by atomic mass is 10.0. The summed E-state index contributed by atoms with van der Waals surface area (Å²) < 4.78 is 0. The Morgan fingerprint density at radius 2 is 1.75 bits per heavy atom. The Labute approximate surface area is 99.2 Å². The fraction of sp³-hybridized carbons (Fsp3) is 0. The molecule has 80 valence electrons. The van der Waals surface area contributed by atoms with Crippen LogP contribution in [0.5, 0.6) is 0 Å². The lowest BCUT2D eigenvalue weighted by Gasteiger charge is -2.07. The Bertz CT molecular complexity index is 521. The molecule has 2 nitrogen and oxygen atoms in total. The van der Waals surface area contributed by atoms with Crippen molar-refractivity contribution < 1.29 is 0 Å². The number of benzene rings is 2. The van der Waals surface area contributed by atoms with E-state index in [1.54, 1.807) is 18.2 Å².